The number of nitrogens with one attached hydrogen (secondary N) is 1. The van der Waals surface area contributed by atoms with Gasteiger partial charge in [0, 0.05) is 16.8 Å². The van der Waals surface area contributed by atoms with Gasteiger partial charge >= 0.3 is 0 Å². The molecule has 0 radical (unpaired) electrons. The quantitative estimate of drug-likeness (QED) is 0.797. The summed E-state index contributed by atoms with van der Waals surface area (Å²) >= 11 is 1.74. The number of aromatic nitrogens is 2. The standard InChI is InChI=1S/C15H12N4S/c16-10-14-15(17-8-7-11-4-3-9-20-11)12-5-1-2-6-13(12)18-19-14/h1-6,9H,7-8H2,(H,17,18). The van der Waals surface area contributed by atoms with Gasteiger partial charge < -0.3 is 5.32 Å². The number of nitrogens with zero attached hydrogens (tertiary/aromatic N) is 3. The number of thiophene rings is 1. The number of hydrogen-bond acceptors (Lipinski definition) is 5. The summed E-state index contributed by atoms with van der Waals surface area (Å²) < 4.78 is 0. The molecule has 3 rings (SSSR count). The fraction of sp³-hybridized carbons (Fsp3) is 0.133. The molecule has 2 aromatic heterocycles. The van der Waals surface area contributed by atoms with Crippen LogP contribution in [-0.2, 0) is 6.42 Å². The summed E-state index contributed by atoms with van der Waals surface area (Å²) in [6.07, 6.45) is 0.930. The molecule has 0 aliphatic rings. The average molecular weight is 280 g/mol. The van der Waals surface area contributed by atoms with E-state index in [1.807, 2.05) is 30.3 Å². The number of nitriles is 1. The normalized spacial score (nSPS) is 10.3. The van der Waals surface area contributed by atoms with Crippen LogP contribution in [0.5, 0.6) is 0 Å². The van der Waals surface area contributed by atoms with Gasteiger partial charge in [-0.25, -0.2) is 0 Å². The van der Waals surface area contributed by atoms with Crippen LogP contribution >= 0.6 is 11.3 Å². The smallest absolute Gasteiger partial charge is 0.186 e. The summed E-state index contributed by atoms with van der Waals surface area (Å²) in [5.74, 6) is 0. The van der Waals surface area contributed by atoms with Crippen LogP contribution in [0.3, 0.4) is 0 Å². The largest absolute Gasteiger partial charge is 0.382 e. The molecule has 4 nitrogen and oxygen atoms in total. The SMILES string of the molecule is N#Cc1nnc2ccccc2c1NCCc1cccs1. The summed E-state index contributed by atoms with van der Waals surface area (Å²) in [4.78, 5) is 1.32. The first-order chi connectivity index (χ1) is 9.88. The molecule has 20 heavy (non-hydrogen) atoms. The average Bonchev–Trinajstić information content (AvgIpc) is 3.00. The zero-order valence-electron chi connectivity index (χ0n) is 10.7. The minimum Gasteiger partial charge on any atom is -0.382 e. The minimum absolute atomic E-state index is 0.342. The van der Waals surface area contributed by atoms with Crippen LogP contribution in [0.4, 0.5) is 5.69 Å². The second kappa shape index (κ2) is 5.68. The van der Waals surface area contributed by atoms with E-state index in [0.29, 0.717) is 5.69 Å². The summed E-state index contributed by atoms with van der Waals surface area (Å²) in [5.41, 5.74) is 1.91. The van der Waals surface area contributed by atoms with Crippen LogP contribution < -0.4 is 5.32 Å². The zero-order valence-corrected chi connectivity index (χ0v) is 11.5. The minimum atomic E-state index is 0.342. The number of rotatable bonds is 4. The molecule has 0 aliphatic carbocycles. The molecule has 0 spiro atoms. The second-order valence-corrected chi connectivity index (χ2v) is 5.34. The Labute approximate surface area is 120 Å². The van der Waals surface area contributed by atoms with Gasteiger partial charge in [0.05, 0.1) is 11.2 Å². The van der Waals surface area contributed by atoms with E-state index in [-0.39, 0.29) is 0 Å². The first kappa shape index (κ1) is 12.6. The molecule has 0 saturated heterocycles. The van der Waals surface area contributed by atoms with Crippen LogP contribution in [0.25, 0.3) is 10.9 Å². The Balaban J connectivity index is 1.87. The molecule has 0 fully saturated rings. The molecule has 0 saturated carbocycles. The molecule has 2 heterocycles. The highest BCUT2D eigenvalue weighted by atomic mass is 32.1. The van der Waals surface area contributed by atoms with Crippen molar-refractivity contribution in [3.63, 3.8) is 0 Å². The van der Waals surface area contributed by atoms with Gasteiger partial charge in [-0.2, -0.15) is 5.26 Å². The van der Waals surface area contributed by atoms with Crippen molar-refractivity contribution in [2.24, 2.45) is 0 Å². The van der Waals surface area contributed by atoms with E-state index in [0.717, 1.165) is 29.6 Å². The summed E-state index contributed by atoms with van der Waals surface area (Å²) in [6, 6.07) is 14.0. The number of anilines is 1. The van der Waals surface area contributed by atoms with Crippen molar-refractivity contribution in [1.82, 2.24) is 10.2 Å². The van der Waals surface area contributed by atoms with Crippen molar-refractivity contribution in [2.45, 2.75) is 6.42 Å². The zero-order chi connectivity index (χ0) is 13.8. The van der Waals surface area contributed by atoms with Gasteiger partial charge in [-0.1, -0.05) is 24.3 Å². The van der Waals surface area contributed by atoms with Crippen LogP contribution in [0.15, 0.2) is 41.8 Å². The van der Waals surface area contributed by atoms with Gasteiger partial charge in [-0.15, -0.1) is 21.5 Å². The molecule has 0 aliphatic heterocycles. The van der Waals surface area contributed by atoms with Crippen LogP contribution in [-0.4, -0.2) is 16.7 Å². The number of fused-ring (bicyclic) bond motifs is 1. The lowest BCUT2D eigenvalue weighted by molar-refractivity contribution is 1.01. The van der Waals surface area contributed by atoms with Crippen molar-refractivity contribution < 1.29 is 0 Å². The maximum Gasteiger partial charge on any atom is 0.186 e. The molecular formula is C15H12N4S. The van der Waals surface area contributed by atoms with Crippen molar-refractivity contribution in [3.8, 4) is 6.07 Å². The lowest BCUT2D eigenvalue weighted by Gasteiger charge is -2.09. The van der Waals surface area contributed by atoms with Crippen molar-refractivity contribution in [3.05, 3.63) is 52.3 Å². The van der Waals surface area contributed by atoms with Gasteiger partial charge in [0.1, 0.15) is 6.07 Å². The van der Waals surface area contributed by atoms with Crippen LogP contribution in [0.1, 0.15) is 10.6 Å². The Kier molecular flexibility index (Phi) is 3.57. The van der Waals surface area contributed by atoms with Gasteiger partial charge in [0.2, 0.25) is 0 Å². The molecule has 0 bridgehead atoms. The van der Waals surface area contributed by atoms with Gasteiger partial charge in [-0.3, -0.25) is 0 Å². The molecule has 0 amide bonds. The summed E-state index contributed by atoms with van der Waals surface area (Å²) in [7, 11) is 0. The third-order valence-corrected chi connectivity index (χ3v) is 3.96. The fourth-order valence-electron chi connectivity index (χ4n) is 2.08. The number of benzene rings is 1. The Morgan fingerprint density at radius 3 is 2.85 bits per heavy atom. The third-order valence-electron chi connectivity index (χ3n) is 3.03. The maximum absolute atomic E-state index is 9.17. The monoisotopic (exact) mass is 280 g/mol. The second-order valence-electron chi connectivity index (χ2n) is 4.31. The molecule has 1 N–H and O–H groups in total. The van der Waals surface area contributed by atoms with E-state index < -0.39 is 0 Å². The van der Waals surface area contributed by atoms with Gasteiger partial charge in [0.25, 0.3) is 0 Å². The van der Waals surface area contributed by atoms with Gasteiger partial charge in [0.15, 0.2) is 5.69 Å². The Hall–Kier alpha value is -2.45. The highest BCUT2D eigenvalue weighted by molar-refractivity contribution is 7.09. The lowest BCUT2D eigenvalue weighted by atomic mass is 10.1. The van der Waals surface area contributed by atoms with Gasteiger partial charge in [-0.05, 0) is 23.9 Å². The van der Waals surface area contributed by atoms with E-state index in [9.17, 15) is 5.26 Å². The van der Waals surface area contributed by atoms with E-state index in [1.165, 1.54) is 4.88 Å². The number of hydrogen-bond donors (Lipinski definition) is 1. The van der Waals surface area contributed by atoms with E-state index in [4.69, 9.17) is 0 Å². The Bertz CT molecular complexity index is 759. The first-order valence-electron chi connectivity index (χ1n) is 6.30. The van der Waals surface area contributed by atoms with Crippen molar-refractivity contribution in [1.29, 1.82) is 5.26 Å². The van der Waals surface area contributed by atoms with Crippen molar-refractivity contribution in [2.75, 3.05) is 11.9 Å². The van der Waals surface area contributed by atoms with E-state index in [1.54, 1.807) is 11.3 Å². The molecule has 1 aromatic carbocycles. The summed E-state index contributed by atoms with van der Waals surface area (Å²) in [6.45, 7) is 0.769. The maximum atomic E-state index is 9.17. The third kappa shape index (κ3) is 2.46. The molecular weight excluding hydrogens is 268 g/mol. The molecule has 3 aromatic rings. The molecule has 0 unspecified atom stereocenters. The van der Waals surface area contributed by atoms with Crippen LogP contribution in [0, 0.1) is 11.3 Å². The predicted octanol–water partition coefficient (Wildman–Crippen LogP) is 3.22. The Morgan fingerprint density at radius 2 is 2.05 bits per heavy atom. The van der Waals surface area contributed by atoms with Crippen molar-refractivity contribution >= 4 is 27.9 Å². The molecule has 5 heteroatoms. The highest BCUT2D eigenvalue weighted by Gasteiger charge is 2.09. The Morgan fingerprint density at radius 1 is 1.15 bits per heavy atom. The lowest BCUT2D eigenvalue weighted by Crippen LogP contribution is -2.07. The first-order valence-corrected chi connectivity index (χ1v) is 7.18. The molecule has 0 atom stereocenters. The topological polar surface area (TPSA) is 61.6 Å². The highest BCUT2D eigenvalue weighted by Crippen LogP contribution is 2.23. The van der Waals surface area contributed by atoms with E-state index in [2.05, 4.69) is 33.0 Å². The summed E-state index contributed by atoms with van der Waals surface area (Å²) in [5, 5.41) is 23.5. The fourth-order valence-corrected chi connectivity index (χ4v) is 2.79. The predicted molar refractivity (Wildman–Crippen MR) is 80.8 cm³/mol. The molecule has 98 valence electrons. The van der Waals surface area contributed by atoms with E-state index >= 15 is 0 Å². The van der Waals surface area contributed by atoms with Crippen LogP contribution in [0.2, 0.25) is 0 Å².